The van der Waals surface area contributed by atoms with Gasteiger partial charge in [0.15, 0.2) is 0 Å². The molecule has 14 N–H and O–H groups in total. The van der Waals surface area contributed by atoms with Crippen LogP contribution in [-0.4, -0.2) is 125 Å². The SMILES string of the molecule is CN(C)c1cc(C(=O)O)ccc1-c1ccc(C(=O)O)cc1.Nc1cc(C(=O)O)ccc1-c1ccc(C(=O)O)cc1.Nc1cc(C(=O)O)ccc1C(=O)O.O=C(O)c1ccc(-c2ccc(C(=O)O)cc2)cc1.O=C(O)c1ccc(C(=O)O)cc1. The number of rotatable bonds is 14. The molecule has 0 unspecified atom stereocenters. The Morgan fingerprint density at radius 1 is 0.265 bits per heavy atom. The number of carboxylic acids is 10. The van der Waals surface area contributed by atoms with E-state index in [1.807, 2.05) is 19.0 Å². The molecule has 0 bridgehead atoms. The molecule has 0 aliphatic carbocycles. The molecule has 0 radical (unpaired) electrons. The highest BCUT2D eigenvalue weighted by atomic mass is 16.4. The molecule has 8 aromatic rings. The third kappa shape index (κ3) is 18.2. The molecule has 23 nitrogen and oxygen atoms in total. The van der Waals surface area contributed by atoms with E-state index < -0.39 is 59.7 Å². The molecule has 0 aliphatic heterocycles. The number of nitrogen functional groups attached to an aromatic ring is 2. The summed E-state index contributed by atoms with van der Waals surface area (Å²) in [5.41, 5.74) is 18.2. The van der Waals surface area contributed by atoms with Crippen LogP contribution in [0, 0.1) is 0 Å². The number of carboxylic acid groups (broad SMARTS) is 10. The van der Waals surface area contributed by atoms with Gasteiger partial charge in [0.1, 0.15) is 0 Å². The minimum absolute atomic E-state index is 0.0255. The first kappa shape index (κ1) is 63.4. The summed E-state index contributed by atoms with van der Waals surface area (Å²) in [5, 5.41) is 87.2. The van der Waals surface area contributed by atoms with Crippen LogP contribution in [0.1, 0.15) is 104 Å². The second-order valence-electron chi connectivity index (χ2n) is 17.2. The Morgan fingerprint density at radius 2 is 0.494 bits per heavy atom. The fourth-order valence-electron chi connectivity index (χ4n) is 7.08. The topological polar surface area (TPSA) is 428 Å². The van der Waals surface area contributed by atoms with Gasteiger partial charge in [-0.15, -0.1) is 0 Å². The van der Waals surface area contributed by atoms with Gasteiger partial charge < -0.3 is 67.4 Å². The summed E-state index contributed by atoms with van der Waals surface area (Å²) in [4.78, 5) is 108. The van der Waals surface area contributed by atoms with Crippen molar-refractivity contribution in [3.8, 4) is 33.4 Å². The summed E-state index contributed by atoms with van der Waals surface area (Å²) in [5.74, 6) is -10.4. The highest BCUT2D eigenvalue weighted by Crippen LogP contribution is 2.32. The molecule has 23 heteroatoms. The van der Waals surface area contributed by atoms with Gasteiger partial charge in [-0.05, 0) is 138 Å². The average Bonchev–Trinajstić information content (AvgIpc) is 3.64. The number of hydrogen-bond donors (Lipinski definition) is 12. The summed E-state index contributed by atoms with van der Waals surface area (Å²) in [6.45, 7) is 0. The number of anilines is 3. The standard InChI is InChI=1S/C16H15NO4.C14H11NO4.C14H10O4.C8H7NO4.C8H6O4/c1-17(2)14-9-12(16(20)21)7-8-13(14)10-3-5-11(6-4-10)15(18)19;15-12-7-10(14(18)19)5-6-11(12)8-1-3-9(4-2-8)13(16)17;15-13(16)11-5-1-9(2-6-11)10-3-7-12(8-4-10)14(17)18;9-6-3-4(7(10)11)1-2-5(6)8(12)13;9-7(10)5-1-2-6(4-3-5)8(11)12/h3-9H,1-2H3,(H,18,19)(H,20,21);1-7H,15H2,(H,16,17)(H,18,19);1-8H,(H,15,16)(H,17,18);1-3H,9H2,(H,10,11)(H,12,13);1-4H,(H,9,10)(H,11,12). The molecule has 0 aliphatic rings. The average molecular weight is 1130 g/mol. The van der Waals surface area contributed by atoms with E-state index in [2.05, 4.69) is 0 Å². The molecule has 0 heterocycles. The number of benzene rings is 8. The minimum atomic E-state index is -1.17. The van der Waals surface area contributed by atoms with Crippen molar-refractivity contribution in [2.45, 2.75) is 0 Å². The highest BCUT2D eigenvalue weighted by molar-refractivity contribution is 5.98. The Morgan fingerprint density at radius 3 is 0.759 bits per heavy atom. The third-order valence-corrected chi connectivity index (χ3v) is 11.4. The number of carbonyl (C=O) groups is 10. The van der Waals surface area contributed by atoms with Gasteiger partial charge in [0.2, 0.25) is 0 Å². The molecule has 83 heavy (non-hydrogen) atoms. The Kier molecular flexibility index (Phi) is 22.2. The first-order valence-electron chi connectivity index (χ1n) is 23.5. The smallest absolute Gasteiger partial charge is 0.337 e. The third-order valence-electron chi connectivity index (χ3n) is 11.4. The van der Waals surface area contributed by atoms with E-state index in [9.17, 15) is 47.9 Å². The number of nitrogens with zero attached hydrogens (tertiary/aromatic N) is 1. The lowest BCUT2D eigenvalue weighted by molar-refractivity contribution is 0.0681. The van der Waals surface area contributed by atoms with Crippen molar-refractivity contribution >= 4 is 76.8 Å². The monoisotopic (exact) mass is 1130 g/mol. The van der Waals surface area contributed by atoms with Crippen LogP contribution in [0.15, 0.2) is 176 Å². The summed E-state index contributed by atoms with van der Waals surface area (Å²) < 4.78 is 0. The number of aromatic carboxylic acids is 10. The van der Waals surface area contributed by atoms with E-state index in [0.29, 0.717) is 11.3 Å². The van der Waals surface area contributed by atoms with Crippen molar-refractivity contribution in [3.05, 3.63) is 232 Å². The second kappa shape index (κ2) is 29.0. The molecule has 0 saturated heterocycles. The maximum absolute atomic E-state index is 11.1. The fourth-order valence-corrected chi connectivity index (χ4v) is 7.08. The van der Waals surface area contributed by atoms with E-state index in [1.54, 1.807) is 66.7 Å². The Labute approximate surface area is 469 Å². The molecular formula is C60H49N3O20. The zero-order valence-electron chi connectivity index (χ0n) is 43.4. The van der Waals surface area contributed by atoms with Crippen LogP contribution in [0.4, 0.5) is 17.1 Å². The molecule has 8 rings (SSSR count). The van der Waals surface area contributed by atoms with Gasteiger partial charge in [-0.1, -0.05) is 60.7 Å². The van der Waals surface area contributed by atoms with Crippen LogP contribution in [0.25, 0.3) is 33.4 Å². The highest BCUT2D eigenvalue weighted by Gasteiger charge is 2.15. The van der Waals surface area contributed by atoms with Crippen LogP contribution >= 0.6 is 0 Å². The fraction of sp³-hybridized carbons (Fsp3) is 0.0333. The summed E-state index contributed by atoms with van der Waals surface area (Å²) >= 11 is 0. The van der Waals surface area contributed by atoms with Gasteiger partial charge >= 0.3 is 59.7 Å². The van der Waals surface area contributed by atoms with Crippen molar-refractivity contribution < 1.29 is 99.0 Å². The van der Waals surface area contributed by atoms with Crippen LogP contribution in [0.3, 0.4) is 0 Å². The predicted octanol–water partition coefficient (Wildman–Crippen LogP) is 9.65. The molecule has 0 aromatic heterocycles. The van der Waals surface area contributed by atoms with E-state index in [1.165, 1.54) is 103 Å². The van der Waals surface area contributed by atoms with Gasteiger partial charge in [0, 0.05) is 42.3 Å². The first-order valence-corrected chi connectivity index (χ1v) is 23.5. The molecule has 424 valence electrons. The normalized spacial score (nSPS) is 9.90. The molecule has 0 fully saturated rings. The molecule has 0 atom stereocenters. The van der Waals surface area contributed by atoms with Gasteiger partial charge in [-0.25, -0.2) is 47.9 Å². The van der Waals surface area contributed by atoms with Crippen LogP contribution in [0.5, 0.6) is 0 Å². The zero-order chi connectivity index (χ0) is 61.8. The number of hydrogen-bond acceptors (Lipinski definition) is 13. The first-order chi connectivity index (χ1) is 39.1. The molecular weight excluding hydrogens is 1080 g/mol. The largest absolute Gasteiger partial charge is 0.478 e. The molecule has 0 amide bonds. The van der Waals surface area contributed by atoms with Crippen molar-refractivity contribution in [2.24, 2.45) is 0 Å². The van der Waals surface area contributed by atoms with Crippen molar-refractivity contribution in [3.63, 3.8) is 0 Å². The lowest BCUT2D eigenvalue weighted by atomic mass is 9.99. The van der Waals surface area contributed by atoms with E-state index in [4.69, 9.17) is 62.5 Å². The van der Waals surface area contributed by atoms with Gasteiger partial charge in [-0.2, -0.15) is 0 Å². The molecule has 8 aromatic carbocycles. The van der Waals surface area contributed by atoms with E-state index in [0.717, 1.165) is 39.6 Å². The lowest BCUT2D eigenvalue weighted by Crippen LogP contribution is -2.11. The van der Waals surface area contributed by atoms with Crippen molar-refractivity contribution in [1.29, 1.82) is 0 Å². The quantitative estimate of drug-likeness (QED) is 0.0450. The Hall–Kier alpha value is -12.1. The van der Waals surface area contributed by atoms with Crippen LogP contribution < -0.4 is 16.4 Å². The van der Waals surface area contributed by atoms with Crippen LogP contribution in [-0.2, 0) is 0 Å². The summed E-state index contributed by atoms with van der Waals surface area (Å²) in [7, 11) is 3.66. The van der Waals surface area contributed by atoms with E-state index >= 15 is 0 Å². The lowest BCUT2D eigenvalue weighted by Gasteiger charge is -2.18. The maximum Gasteiger partial charge on any atom is 0.337 e. The van der Waals surface area contributed by atoms with Crippen LogP contribution in [0.2, 0.25) is 0 Å². The van der Waals surface area contributed by atoms with Crippen molar-refractivity contribution in [2.75, 3.05) is 30.5 Å². The molecule has 0 spiro atoms. The zero-order valence-corrected chi connectivity index (χ0v) is 43.4. The van der Waals surface area contributed by atoms with Crippen molar-refractivity contribution in [1.82, 2.24) is 0 Å². The summed E-state index contributed by atoms with van der Waals surface area (Å²) in [6, 6.07) is 43.4. The minimum Gasteiger partial charge on any atom is -0.478 e. The molecule has 0 saturated carbocycles. The Balaban J connectivity index is 0.000000226. The van der Waals surface area contributed by atoms with Gasteiger partial charge in [-0.3, -0.25) is 0 Å². The second-order valence-corrected chi connectivity index (χ2v) is 17.2. The maximum atomic E-state index is 11.1. The summed E-state index contributed by atoms with van der Waals surface area (Å²) in [6.07, 6.45) is 0. The Bertz CT molecular complexity index is 3640. The predicted molar refractivity (Wildman–Crippen MR) is 301 cm³/mol. The van der Waals surface area contributed by atoms with Gasteiger partial charge in [0.05, 0.1) is 55.6 Å². The van der Waals surface area contributed by atoms with E-state index in [-0.39, 0.29) is 61.3 Å². The number of nitrogens with two attached hydrogens (primary N) is 2. The van der Waals surface area contributed by atoms with Gasteiger partial charge in [0.25, 0.3) is 0 Å².